The zero-order valence-corrected chi connectivity index (χ0v) is 18.5. The number of carbonyl (C=O) groups excluding carboxylic acids is 1. The normalized spacial score (nSPS) is 17.3. The van der Waals surface area contributed by atoms with Crippen LogP contribution in [0.2, 0.25) is 0 Å². The average molecular weight is 457 g/mol. The van der Waals surface area contributed by atoms with Gasteiger partial charge in [-0.05, 0) is 42.7 Å². The molecule has 2 aliphatic rings. The number of nitrogens with zero attached hydrogens (tertiary/aromatic N) is 5. The van der Waals surface area contributed by atoms with E-state index in [9.17, 15) is 9.59 Å². The minimum Gasteiger partial charge on any atom is -0.486 e. The number of benzene rings is 2. The first kappa shape index (κ1) is 20.5. The monoisotopic (exact) mass is 457 g/mol. The number of hydrogen-bond donors (Lipinski definition) is 0. The first-order valence-corrected chi connectivity index (χ1v) is 11.4. The summed E-state index contributed by atoms with van der Waals surface area (Å²) in [5.41, 5.74) is 2.02. The molecule has 4 heterocycles. The molecule has 1 atom stereocenters. The quantitative estimate of drug-likeness (QED) is 0.468. The molecule has 0 aliphatic carbocycles. The molecular weight excluding hydrogens is 434 g/mol. The molecule has 1 fully saturated rings. The molecule has 172 valence electrons. The number of amides is 1. The van der Waals surface area contributed by atoms with Gasteiger partial charge in [0.1, 0.15) is 31.5 Å². The third-order valence-corrected chi connectivity index (χ3v) is 6.39. The van der Waals surface area contributed by atoms with Crippen molar-refractivity contribution in [3.05, 3.63) is 77.0 Å². The van der Waals surface area contributed by atoms with Crippen LogP contribution in [0.1, 0.15) is 24.4 Å². The maximum absolute atomic E-state index is 13.3. The summed E-state index contributed by atoms with van der Waals surface area (Å²) in [7, 11) is 0. The first-order valence-electron chi connectivity index (χ1n) is 11.4. The van der Waals surface area contributed by atoms with Gasteiger partial charge in [0, 0.05) is 6.54 Å². The zero-order valence-electron chi connectivity index (χ0n) is 18.5. The summed E-state index contributed by atoms with van der Waals surface area (Å²) in [5, 5.41) is 4.71. The number of carbonyl (C=O) groups is 1. The summed E-state index contributed by atoms with van der Waals surface area (Å²) >= 11 is 0. The number of hydrogen-bond acceptors (Lipinski definition) is 6. The third-order valence-electron chi connectivity index (χ3n) is 6.39. The van der Waals surface area contributed by atoms with Crippen LogP contribution in [0.25, 0.3) is 16.7 Å². The van der Waals surface area contributed by atoms with Crippen molar-refractivity contribution in [3.63, 3.8) is 0 Å². The van der Waals surface area contributed by atoms with Gasteiger partial charge in [-0.1, -0.05) is 24.3 Å². The Morgan fingerprint density at radius 2 is 1.88 bits per heavy atom. The van der Waals surface area contributed by atoms with Crippen LogP contribution >= 0.6 is 0 Å². The number of ether oxygens (including phenoxy) is 2. The molecule has 0 radical (unpaired) electrons. The van der Waals surface area contributed by atoms with E-state index in [0.717, 1.165) is 29.8 Å². The molecule has 9 heteroatoms. The highest BCUT2D eigenvalue weighted by molar-refractivity contribution is 5.78. The molecule has 0 saturated carbocycles. The van der Waals surface area contributed by atoms with E-state index in [-0.39, 0.29) is 24.1 Å². The Balaban J connectivity index is 1.25. The Morgan fingerprint density at radius 1 is 1.06 bits per heavy atom. The number of para-hydroxylation sites is 1. The van der Waals surface area contributed by atoms with Crippen molar-refractivity contribution in [3.8, 4) is 17.2 Å². The maximum Gasteiger partial charge on any atom is 0.264 e. The summed E-state index contributed by atoms with van der Waals surface area (Å²) in [5.74, 6) is 1.33. The number of fused-ring (bicyclic) bond motifs is 2. The Kier molecular flexibility index (Phi) is 5.01. The fourth-order valence-electron chi connectivity index (χ4n) is 4.73. The lowest BCUT2D eigenvalue weighted by atomic mass is 10.0. The molecule has 0 bridgehead atoms. The molecule has 2 aromatic carbocycles. The summed E-state index contributed by atoms with van der Waals surface area (Å²) in [4.78, 5) is 32.7. The lowest BCUT2D eigenvalue weighted by molar-refractivity contribution is -0.132. The van der Waals surface area contributed by atoms with Gasteiger partial charge in [0.05, 0.1) is 17.9 Å². The van der Waals surface area contributed by atoms with Crippen LogP contribution in [0.4, 0.5) is 0 Å². The van der Waals surface area contributed by atoms with Gasteiger partial charge < -0.3 is 14.4 Å². The van der Waals surface area contributed by atoms with Crippen molar-refractivity contribution in [2.24, 2.45) is 0 Å². The molecule has 6 rings (SSSR count). The van der Waals surface area contributed by atoms with Gasteiger partial charge in [-0.2, -0.15) is 5.10 Å². The minimum absolute atomic E-state index is 0.0588. The molecule has 0 spiro atoms. The first-order chi connectivity index (χ1) is 16.7. The highest BCUT2D eigenvalue weighted by Crippen LogP contribution is 2.38. The van der Waals surface area contributed by atoms with E-state index in [2.05, 4.69) is 10.1 Å². The van der Waals surface area contributed by atoms with E-state index in [1.54, 1.807) is 4.68 Å². The van der Waals surface area contributed by atoms with Crippen LogP contribution in [-0.4, -0.2) is 49.9 Å². The molecule has 2 aromatic heterocycles. The van der Waals surface area contributed by atoms with Crippen LogP contribution in [0.3, 0.4) is 0 Å². The van der Waals surface area contributed by atoms with Gasteiger partial charge in [-0.15, -0.1) is 0 Å². The van der Waals surface area contributed by atoms with Crippen molar-refractivity contribution in [2.45, 2.75) is 25.4 Å². The van der Waals surface area contributed by atoms with Crippen LogP contribution < -0.4 is 15.0 Å². The fourth-order valence-corrected chi connectivity index (χ4v) is 4.73. The van der Waals surface area contributed by atoms with Crippen molar-refractivity contribution >= 4 is 16.9 Å². The SMILES string of the molecule is O=C(Cn1cnc2c(cnn2-c2ccccc2)c1=O)N1CCCC1c1ccc2c(c1)OCCO2. The molecule has 2 aliphatic heterocycles. The predicted molar refractivity (Wildman–Crippen MR) is 124 cm³/mol. The molecule has 1 unspecified atom stereocenters. The summed E-state index contributed by atoms with van der Waals surface area (Å²) < 4.78 is 14.3. The maximum atomic E-state index is 13.3. The zero-order chi connectivity index (χ0) is 23.1. The average Bonchev–Trinajstić information content (AvgIpc) is 3.54. The van der Waals surface area contributed by atoms with E-state index in [0.29, 0.717) is 36.5 Å². The van der Waals surface area contributed by atoms with E-state index in [1.165, 1.54) is 17.1 Å². The molecule has 4 aromatic rings. The van der Waals surface area contributed by atoms with Crippen molar-refractivity contribution < 1.29 is 14.3 Å². The number of aromatic nitrogens is 4. The van der Waals surface area contributed by atoms with Gasteiger partial charge in [-0.25, -0.2) is 9.67 Å². The second-order valence-corrected chi connectivity index (χ2v) is 8.46. The third kappa shape index (κ3) is 3.49. The molecule has 0 N–H and O–H groups in total. The van der Waals surface area contributed by atoms with Gasteiger partial charge >= 0.3 is 0 Å². The van der Waals surface area contributed by atoms with Gasteiger partial charge in [-0.3, -0.25) is 14.2 Å². The van der Waals surface area contributed by atoms with Crippen LogP contribution in [0.5, 0.6) is 11.5 Å². The Labute approximate surface area is 195 Å². The largest absolute Gasteiger partial charge is 0.486 e. The van der Waals surface area contributed by atoms with Gasteiger partial charge in [0.25, 0.3) is 5.56 Å². The highest BCUT2D eigenvalue weighted by atomic mass is 16.6. The summed E-state index contributed by atoms with van der Waals surface area (Å²) in [6, 6.07) is 15.3. The standard InChI is InChI=1S/C25H23N5O4/c31-23(29-10-4-7-20(29)17-8-9-21-22(13-17)34-12-11-33-21)15-28-16-26-24-19(25(28)32)14-27-30(24)18-5-2-1-3-6-18/h1-3,5-6,8-9,13-14,16,20H,4,7,10-12,15H2. The van der Waals surface area contributed by atoms with Crippen LogP contribution in [0.15, 0.2) is 65.8 Å². The number of rotatable bonds is 4. The summed E-state index contributed by atoms with van der Waals surface area (Å²) in [6.07, 6.45) is 4.70. The fraction of sp³-hybridized carbons (Fsp3) is 0.280. The molecular formula is C25H23N5O4. The van der Waals surface area contributed by atoms with E-state index < -0.39 is 0 Å². The highest BCUT2D eigenvalue weighted by Gasteiger charge is 2.31. The predicted octanol–water partition coefficient (Wildman–Crippen LogP) is 2.72. The lowest BCUT2D eigenvalue weighted by Gasteiger charge is -2.27. The van der Waals surface area contributed by atoms with E-state index in [1.807, 2.05) is 53.4 Å². The molecule has 34 heavy (non-hydrogen) atoms. The number of likely N-dealkylation sites (tertiary alicyclic amines) is 1. The lowest BCUT2D eigenvalue weighted by Crippen LogP contribution is -2.36. The van der Waals surface area contributed by atoms with Crippen LogP contribution in [0, 0.1) is 0 Å². The smallest absolute Gasteiger partial charge is 0.264 e. The topological polar surface area (TPSA) is 91.5 Å². The van der Waals surface area contributed by atoms with Gasteiger partial charge in [0.2, 0.25) is 5.91 Å². The Bertz CT molecular complexity index is 1430. The molecule has 1 saturated heterocycles. The second kappa shape index (κ2) is 8.33. The van der Waals surface area contributed by atoms with Crippen LogP contribution in [-0.2, 0) is 11.3 Å². The molecule has 9 nitrogen and oxygen atoms in total. The van der Waals surface area contributed by atoms with E-state index >= 15 is 0 Å². The minimum atomic E-state index is -0.282. The van der Waals surface area contributed by atoms with Crippen molar-refractivity contribution in [1.29, 1.82) is 0 Å². The Hall–Kier alpha value is -4.14. The second-order valence-electron chi connectivity index (χ2n) is 8.46. The summed E-state index contributed by atoms with van der Waals surface area (Å²) in [6.45, 7) is 1.63. The van der Waals surface area contributed by atoms with Crippen molar-refractivity contribution in [2.75, 3.05) is 19.8 Å². The van der Waals surface area contributed by atoms with Gasteiger partial charge in [0.15, 0.2) is 17.1 Å². The van der Waals surface area contributed by atoms with Crippen molar-refractivity contribution in [1.82, 2.24) is 24.2 Å². The van der Waals surface area contributed by atoms with E-state index in [4.69, 9.17) is 9.47 Å². The Morgan fingerprint density at radius 3 is 2.74 bits per heavy atom. The molecule has 1 amide bonds.